The smallest absolute Gasteiger partial charge is 0.256 e. The van der Waals surface area contributed by atoms with Crippen LogP contribution in [0.3, 0.4) is 0 Å². The van der Waals surface area contributed by atoms with Gasteiger partial charge in [-0.2, -0.15) is 0 Å². The van der Waals surface area contributed by atoms with E-state index < -0.39 is 0 Å². The third-order valence-corrected chi connectivity index (χ3v) is 2.51. The number of nitrogens with zero attached hydrogens (tertiary/aromatic N) is 1. The molecule has 0 aliphatic rings. The molecule has 0 saturated carbocycles. The Labute approximate surface area is 89.1 Å². The van der Waals surface area contributed by atoms with E-state index in [9.17, 15) is 4.79 Å². The Morgan fingerprint density at radius 3 is 2.67 bits per heavy atom. The zero-order valence-electron chi connectivity index (χ0n) is 9.41. The van der Waals surface area contributed by atoms with Crippen molar-refractivity contribution in [3.8, 4) is 0 Å². The molecule has 0 radical (unpaired) electrons. The number of aliphatic hydroxyl groups excluding tert-OH is 1. The molecule has 0 bridgehead atoms. The fraction of sp³-hybridized carbons (Fsp3) is 0.545. The normalized spacial score (nSPS) is 10.7. The van der Waals surface area contributed by atoms with Gasteiger partial charge in [0.25, 0.3) is 5.56 Å². The van der Waals surface area contributed by atoms with Crippen molar-refractivity contribution in [1.82, 2.24) is 4.57 Å². The van der Waals surface area contributed by atoms with E-state index in [0.29, 0.717) is 18.7 Å². The lowest BCUT2D eigenvalue weighted by Gasteiger charge is -2.12. The standard InChI is InChI=1S/C11H17NO3/c1-8-6-9(2)12(4-5-15-3)11(14)10(8)7-13/h6,13H,4-5,7H2,1-3H3. The van der Waals surface area contributed by atoms with Crippen LogP contribution in [0.4, 0.5) is 0 Å². The molecule has 4 nitrogen and oxygen atoms in total. The molecule has 4 heteroatoms. The molecular formula is C11H17NO3. The lowest BCUT2D eigenvalue weighted by atomic mass is 10.1. The number of aliphatic hydroxyl groups is 1. The first-order valence-electron chi connectivity index (χ1n) is 4.91. The Morgan fingerprint density at radius 1 is 1.47 bits per heavy atom. The van der Waals surface area contributed by atoms with Gasteiger partial charge in [0, 0.05) is 24.9 Å². The number of hydrogen-bond donors (Lipinski definition) is 1. The predicted molar refractivity (Wildman–Crippen MR) is 58.0 cm³/mol. The second kappa shape index (κ2) is 5.09. The Morgan fingerprint density at radius 2 is 2.13 bits per heavy atom. The summed E-state index contributed by atoms with van der Waals surface area (Å²) in [6.07, 6.45) is 0. The van der Waals surface area contributed by atoms with Gasteiger partial charge in [-0.25, -0.2) is 0 Å². The zero-order chi connectivity index (χ0) is 11.4. The van der Waals surface area contributed by atoms with E-state index in [1.54, 1.807) is 11.7 Å². The molecule has 0 unspecified atom stereocenters. The first-order chi connectivity index (χ1) is 7.11. The van der Waals surface area contributed by atoms with Crippen LogP contribution < -0.4 is 5.56 Å². The minimum atomic E-state index is -0.210. The van der Waals surface area contributed by atoms with E-state index >= 15 is 0 Å². The Balaban J connectivity index is 3.20. The van der Waals surface area contributed by atoms with Crippen molar-refractivity contribution >= 4 is 0 Å². The van der Waals surface area contributed by atoms with Crippen molar-refractivity contribution in [3.63, 3.8) is 0 Å². The van der Waals surface area contributed by atoms with Crippen LogP contribution in [0.15, 0.2) is 10.9 Å². The van der Waals surface area contributed by atoms with Gasteiger partial charge in [0.05, 0.1) is 13.2 Å². The summed E-state index contributed by atoms with van der Waals surface area (Å²) in [4.78, 5) is 11.9. The molecule has 1 aromatic heterocycles. The summed E-state index contributed by atoms with van der Waals surface area (Å²) in [5.74, 6) is 0. The highest BCUT2D eigenvalue weighted by atomic mass is 16.5. The molecule has 0 atom stereocenters. The molecular weight excluding hydrogens is 194 g/mol. The van der Waals surface area contributed by atoms with Crippen molar-refractivity contribution in [2.24, 2.45) is 0 Å². The van der Waals surface area contributed by atoms with Gasteiger partial charge in [-0.15, -0.1) is 0 Å². The molecule has 0 amide bonds. The number of ether oxygens (including phenoxy) is 1. The topological polar surface area (TPSA) is 51.5 Å². The van der Waals surface area contributed by atoms with E-state index in [0.717, 1.165) is 11.3 Å². The first kappa shape index (κ1) is 11.9. The third kappa shape index (κ3) is 2.46. The molecule has 0 saturated heterocycles. The number of rotatable bonds is 4. The summed E-state index contributed by atoms with van der Waals surface area (Å²) in [6, 6.07) is 1.91. The minimum absolute atomic E-state index is 0.118. The van der Waals surface area contributed by atoms with Crippen LogP contribution in [0.25, 0.3) is 0 Å². The van der Waals surface area contributed by atoms with Crippen molar-refractivity contribution in [3.05, 3.63) is 33.2 Å². The molecule has 1 N–H and O–H groups in total. The highest BCUT2D eigenvalue weighted by molar-refractivity contribution is 5.25. The Hall–Kier alpha value is -1.13. The molecule has 0 fully saturated rings. The number of aromatic nitrogens is 1. The SMILES string of the molecule is COCCn1c(C)cc(C)c(CO)c1=O. The van der Waals surface area contributed by atoms with Crippen molar-refractivity contribution < 1.29 is 9.84 Å². The Bertz CT molecular complexity index is 396. The van der Waals surface area contributed by atoms with Gasteiger partial charge in [-0.3, -0.25) is 4.79 Å². The van der Waals surface area contributed by atoms with Crippen LogP contribution in [-0.2, 0) is 17.9 Å². The molecule has 1 heterocycles. The van der Waals surface area contributed by atoms with Crippen LogP contribution in [-0.4, -0.2) is 23.4 Å². The Kier molecular flexibility index (Phi) is 4.05. The van der Waals surface area contributed by atoms with Gasteiger partial charge in [-0.1, -0.05) is 0 Å². The van der Waals surface area contributed by atoms with Gasteiger partial charge in [0.1, 0.15) is 0 Å². The predicted octanol–water partition coefficient (Wildman–Crippen LogP) is 0.604. The summed E-state index contributed by atoms with van der Waals surface area (Å²) in [7, 11) is 1.60. The maximum Gasteiger partial charge on any atom is 0.256 e. The second-order valence-corrected chi connectivity index (χ2v) is 3.55. The summed E-state index contributed by atoms with van der Waals surface area (Å²) in [5, 5.41) is 9.10. The summed E-state index contributed by atoms with van der Waals surface area (Å²) >= 11 is 0. The second-order valence-electron chi connectivity index (χ2n) is 3.55. The van der Waals surface area contributed by atoms with E-state index in [-0.39, 0.29) is 12.2 Å². The largest absolute Gasteiger partial charge is 0.391 e. The van der Waals surface area contributed by atoms with E-state index in [2.05, 4.69) is 0 Å². The number of hydrogen-bond acceptors (Lipinski definition) is 3. The van der Waals surface area contributed by atoms with Crippen LogP contribution in [0.2, 0.25) is 0 Å². The molecule has 1 rings (SSSR count). The summed E-state index contributed by atoms with van der Waals surface area (Å²) < 4.78 is 6.56. The van der Waals surface area contributed by atoms with Crippen LogP contribution >= 0.6 is 0 Å². The maximum atomic E-state index is 11.9. The minimum Gasteiger partial charge on any atom is -0.391 e. The van der Waals surface area contributed by atoms with Gasteiger partial charge < -0.3 is 14.4 Å². The quantitative estimate of drug-likeness (QED) is 0.793. The van der Waals surface area contributed by atoms with Gasteiger partial charge >= 0.3 is 0 Å². The van der Waals surface area contributed by atoms with Crippen LogP contribution in [0.5, 0.6) is 0 Å². The fourth-order valence-electron chi connectivity index (χ4n) is 1.62. The van der Waals surface area contributed by atoms with Crippen molar-refractivity contribution in [1.29, 1.82) is 0 Å². The summed E-state index contributed by atoms with van der Waals surface area (Å²) in [5.41, 5.74) is 2.09. The van der Waals surface area contributed by atoms with E-state index in [1.165, 1.54) is 0 Å². The highest BCUT2D eigenvalue weighted by Gasteiger charge is 2.08. The highest BCUT2D eigenvalue weighted by Crippen LogP contribution is 2.06. The number of methoxy groups -OCH3 is 1. The summed E-state index contributed by atoms with van der Waals surface area (Å²) in [6.45, 7) is 4.52. The number of pyridine rings is 1. The van der Waals surface area contributed by atoms with Gasteiger partial charge in [-0.05, 0) is 25.5 Å². The average Bonchev–Trinajstić information content (AvgIpc) is 2.17. The number of aryl methyl sites for hydroxylation is 2. The third-order valence-electron chi connectivity index (χ3n) is 2.51. The van der Waals surface area contributed by atoms with E-state index in [1.807, 2.05) is 19.9 Å². The van der Waals surface area contributed by atoms with Crippen LogP contribution in [0, 0.1) is 13.8 Å². The fourth-order valence-corrected chi connectivity index (χ4v) is 1.62. The van der Waals surface area contributed by atoms with Crippen molar-refractivity contribution in [2.45, 2.75) is 27.0 Å². The van der Waals surface area contributed by atoms with E-state index in [4.69, 9.17) is 9.84 Å². The molecule has 0 aliphatic carbocycles. The molecule has 15 heavy (non-hydrogen) atoms. The molecule has 1 aromatic rings. The lowest BCUT2D eigenvalue weighted by molar-refractivity contribution is 0.185. The average molecular weight is 211 g/mol. The molecule has 0 aliphatic heterocycles. The first-order valence-corrected chi connectivity index (χ1v) is 4.91. The maximum absolute atomic E-state index is 11.9. The monoisotopic (exact) mass is 211 g/mol. The molecule has 0 aromatic carbocycles. The molecule has 84 valence electrons. The molecule has 0 spiro atoms. The lowest BCUT2D eigenvalue weighted by Crippen LogP contribution is -2.28. The van der Waals surface area contributed by atoms with Gasteiger partial charge in [0.2, 0.25) is 0 Å². The van der Waals surface area contributed by atoms with Crippen LogP contribution in [0.1, 0.15) is 16.8 Å². The van der Waals surface area contributed by atoms with Crippen molar-refractivity contribution in [2.75, 3.05) is 13.7 Å². The van der Waals surface area contributed by atoms with Gasteiger partial charge in [0.15, 0.2) is 0 Å². The zero-order valence-corrected chi connectivity index (χ0v) is 9.41.